The molecule has 1 aromatic carbocycles. The predicted molar refractivity (Wildman–Crippen MR) is 127 cm³/mol. The summed E-state index contributed by atoms with van der Waals surface area (Å²) in [6, 6.07) is 11.7. The maximum atomic E-state index is 5.99. The fourth-order valence-corrected chi connectivity index (χ4v) is 3.79. The van der Waals surface area contributed by atoms with Crippen molar-refractivity contribution in [2.24, 2.45) is 0 Å². The average Bonchev–Trinajstić information content (AvgIpc) is 3.29. The lowest BCUT2D eigenvalue weighted by atomic mass is 10.2. The predicted octanol–water partition coefficient (Wildman–Crippen LogP) is 3.09. The van der Waals surface area contributed by atoms with Crippen LogP contribution in [0.2, 0.25) is 0 Å². The lowest BCUT2D eigenvalue weighted by Crippen LogP contribution is -2.38. The molecule has 34 heavy (non-hydrogen) atoms. The molecule has 0 atom stereocenters. The highest BCUT2D eigenvalue weighted by Gasteiger charge is 2.16. The largest absolute Gasteiger partial charge is 0.487 e. The van der Waals surface area contributed by atoms with Crippen LogP contribution in [-0.2, 0) is 11.3 Å². The van der Waals surface area contributed by atoms with Crippen LogP contribution in [0.15, 0.2) is 48.9 Å². The zero-order chi connectivity index (χ0) is 23.2. The molecule has 4 heterocycles. The number of nitrogens with zero attached hydrogens (tertiary/aromatic N) is 5. The second-order valence-corrected chi connectivity index (χ2v) is 7.99. The van der Waals surface area contributed by atoms with Gasteiger partial charge in [-0.2, -0.15) is 0 Å². The Morgan fingerprint density at radius 1 is 1.09 bits per heavy atom. The van der Waals surface area contributed by atoms with Crippen LogP contribution < -0.4 is 14.8 Å². The van der Waals surface area contributed by atoms with Gasteiger partial charge in [0.1, 0.15) is 36.5 Å². The quantitative estimate of drug-likeness (QED) is 0.388. The van der Waals surface area contributed by atoms with Gasteiger partial charge in [0.05, 0.1) is 18.9 Å². The van der Waals surface area contributed by atoms with E-state index in [1.54, 1.807) is 6.20 Å². The number of aryl methyl sites for hydroxylation is 1. The summed E-state index contributed by atoms with van der Waals surface area (Å²) in [7, 11) is 0. The van der Waals surface area contributed by atoms with E-state index in [4.69, 9.17) is 14.2 Å². The van der Waals surface area contributed by atoms with Crippen molar-refractivity contribution < 1.29 is 14.2 Å². The van der Waals surface area contributed by atoms with Crippen molar-refractivity contribution in [3.63, 3.8) is 0 Å². The lowest BCUT2D eigenvalue weighted by Gasteiger charge is -2.26. The summed E-state index contributed by atoms with van der Waals surface area (Å²) in [5.41, 5.74) is 3.38. The molecule has 0 spiro atoms. The van der Waals surface area contributed by atoms with Gasteiger partial charge in [0.25, 0.3) is 0 Å². The maximum Gasteiger partial charge on any atom is 0.246 e. The number of rotatable bonds is 9. The summed E-state index contributed by atoms with van der Waals surface area (Å²) in [5.74, 6) is 1.92. The molecule has 1 saturated heterocycles. The molecule has 4 aromatic rings. The summed E-state index contributed by atoms with van der Waals surface area (Å²) in [4.78, 5) is 15.3. The van der Waals surface area contributed by atoms with Gasteiger partial charge in [-0.15, -0.1) is 5.10 Å². The molecule has 1 aliphatic heterocycles. The smallest absolute Gasteiger partial charge is 0.246 e. The first kappa shape index (κ1) is 22.1. The molecule has 5 rings (SSSR count). The van der Waals surface area contributed by atoms with Crippen LogP contribution in [0.4, 0.5) is 11.5 Å². The molecule has 0 amide bonds. The van der Waals surface area contributed by atoms with Gasteiger partial charge in [0.15, 0.2) is 5.65 Å². The van der Waals surface area contributed by atoms with Crippen molar-refractivity contribution in [2.45, 2.75) is 13.5 Å². The highest BCUT2D eigenvalue weighted by Crippen LogP contribution is 2.31. The molecular formula is C24H27N7O3. The number of aromatic nitrogens is 5. The number of nitrogens with one attached hydrogen (secondary N) is 2. The van der Waals surface area contributed by atoms with Gasteiger partial charge in [0.2, 0.25) is 5.88 Å². The molecule has 0 bridgehead atoms. The van der Waals surface area contributed by atoms with E-state index in [-0.39, 0.29) is 0 Å². The van der Waals surface area contributed by atoms with Gasteiger partial charge in [-0.25, -0.2) is 9.97 Å². The highest BCUT2D eigenvalue weighted by molar-refractivity contribution is 5.92. The first-order valence-corrected chi connectivity index (χ1v) is 11.3. The maximum absolute atomic E-state index is 5.99. The van der Waals surface area contributed by atoms with Gasteiger partial charge < -0.3 is 19.5 Å². The summed E-state index contributed by atoms with van der Waals surface area (Å²) in [6.45, 7) is 7.12. The fraction of sp³-hybridized carbons (Fsp3) is 0.333. The van der Waals surface area contributed by atoms with Crippen LogP contribution in [0, 0.1) is 6.92 Å². The number of hydrogen-bond acceptors (Lipinski definition) is 9. The summed E-state index contributed by atoms with van der Waals surface area (Å²) < 4.78 is 17.3. The molecule has 0 unspecified atom stereocenters. The fourth-order valence-electron chi connectivity index (χ4n) is 3.79. The van der Waals surface area contributed by atoms with Gasteiger partial charge >= 0.3 is 0 Å². The summed E-state index contributed by atoms with van der Waals surface area (Å²) in [5, 5.41) is 11.3. The molecule has 1 aliphatic rings. The zero-order valence-corrected chi connectivity index (χ0v) is 19.0. The van der Waals surface area contributed by atoms with Crippen LogP contribution in [0.1, 0.15) is 11.3 Å². The van der Waals surface area contributed by atoms with Crippen molar-refractivity contribution >= 4 is 22.5 Å². The summed E-state index contributed by atoms with van der Waals surface area (Å²) >= 11 is 0. The third-order valence-corrected chi connectivity index (χ3v) is 5.61. The molecule has 0 aliphatic carbocycles. The molecule has 176 valence electrons. The minimum atomic E-state index is 0.418. The van der Waals surface area contributed by atoms with E-state index in [1.807, 2.05) is 43.3 Å². The van der Waals surface area contributed by atoms with E-state index >= 15 is 0 Å². The van der Waals surface area contributed by atoms with Crippen molar-refractivity contribution in [2.75, 3.05) is 44.8 Å². The second-order valence-electron chi connectivity index (χ2n) is 7.99. The Kier molecular flexibility index (Phi) is 6.78. The topological polar surface area (TPSA) is 110 Å². The van der Waals surface area contributed by atoms with Crippen LogP contribution in [0.25, 0.3) is 11.0 Å². The Morgan fingerprint density at radius 3 is 2.82 bits per heavy atom. The van der Waals surface area contributed by atoms with E-state index in [0.29, 0.717) is 30.6 Å². The Labute approximate surface area is 197 Å². The Bertz CT molecular complexity index is 1230. The molecule has 10 heteroatoms. The molecule has 0 saturated carbocycles. The molecule has 2 N–H and O–H groups in total. The van der Waals surface area contributed by atoms with Gasteiger partial charge in [-0.3, -0.25) is 15.0 Å². The van der Waals surface area contributed by atoms with Gasteiger partial charge in [-0.05, 0) is 42.8 Å². The van der Waals surface area contributed by atoms with Crippen LogP contribution in [0.3, 0.4) is 0 Å². The molecular weight excluding hydrogens is 434 g/mol. The zero-order valence-electron chi connectivity index (χ0n) is 19.0. The van der Waals surface area contributed by atoms with E-state index < -0.39 is 0 Å². The molecule has 0 radical (unpaired) electrons. The number of aromatic amines is 1. The van der Waals surface area contributed by atoms with Crippen molar-refractivity contribution in [3.8, 4) is 11.6 Å². The Hall–Kier alpha value is -3.76. The number of pyridine rings is 1. The van der Waals surface area contributed by atoms with Gasteiger partial charge in [0, 0.05) is 31.5 Å². The van der Waals surface area contributed by atoms with E-state index in [0.717, 1.165) is 60.9 Å². The standard InChI is InChI=1S/C24H27N7O3/c1-17-14-18(5-6-20(17)34-15-19-4-2-3-7-25-19)28-22-21-23(27-16-26-22)29-30-24(21)33-13-10-31-8-11-32-12-9-31/h2-7,14,16H,8-13,15H2,1H3,(H2,26,27,28,29,30). The van der Waals surface area contributed by atoms with Crippen LogP contribution in [-0.4, -0.2) is 69.5 Å². The normalized spacial score (nSPS) is 14.3. The second kappa shape index (κ2) is 10.4. The van der Waals surface area contributed by atoms with Crippen molar-refractivity contribution in [3.05, 3.63) is 60.2 Å². The van der Waals surface area contributed by atoms with Gasteiger partial charge in [-0.1, -0.05) is 6.07 Å². The number of hydrogen-bond donors (Lipinski definition) is 2. The van der Waals surface area contributed by atoms with E-state index in [9.17, 15) is 0 Å². The van der Waals surface area contributed by atoms with Crippen LogP contribution >= 0.6 is 0 Å². The minimum Gasteiger partial charge on any atom is -0.487 e. The number of benzene rings is 1. The minimum absolute atomic E-state index is 0.418. The van der Waals surface area contributed by atoms with E-state index in [2.05, 4.69) is 35.4 Å². The summed E-state index contributed by atoms with van der Waals surface area (Å²) in [6.07, 6.45) is 3.26. The number of fused-ring (bicyclic) bond motifs is 1. The monoisotopic (exact) mass is 461 g/mol. The average molecular weight is 462 g/mol. The number of ether oxygens (including phenoxy) is 3. The highest BCUT2D eigenvalue weighted by atomic mass is 16.5. The number of anilines is 2. The third kappa shape index (κ3) is 5.24. The van der Waals surface area contributed by atoms with Crippen LogP contribution in [0.5, 0.6) is 11.6 Å². The first-order valence-electron chi connectivity index (χ1n) is 11.3. The third-order valence-electron chi connectivity index (χ3n) is 5.61. The SMILES string of the molecule is Cc1cc(Nc2ncnc3[nH]nc(OCCN4CCOCC4)c23)ccc1OCc1ccccn1. The first-order chi connectivity index (χ1) is 16.8. The molecule has 3 aromatic heterocycles. The number of morpholine rings is 1. The Morgan fingerprint density at radius 2 is 2.00 bits per heavy atom. The molecule has 1 fully saturated rings. The van der Waals surface area contributed by atoms with Crippen molar-refractivity contribution in [1.82, 2.24) is 30.0 Å². The Balaban J connectivity index is 1.26. The molecule has 10 nitrogen and oxygen atoms in total. The lowest BCUT2D eigenvalue weighted by molar-refractivity contribution is 0.0321. The van der Waals surface area contributed by atoms with E-state index in [1.165, 1.54) is 6.33 Å². The van der Waals surface area contributed by atoms with Crippen molar-refractivity contribution in [1.29, 1.82) is 0 Å². The number of H-pyrrole nitrogens is 1.